The van der Waals surface area contributed by atoms with Crippen molar-refractivity contribution in [3.63, 3.8) is 0 Å². The summed E-state index contributed by atoms with van der Waals surface area (Å²) < 4.78 is 3.37. The molecule has 1 saturated heterocycles. The van der Waals surface area contributed by atoms with E-state index in [2.05, 4.69) is 86.6 Å². The molecule has 33 heavy (non-hydrogen) atoms. The number of hydrogen-bond acceptors (Lipinski definition) is 4. The van der Waals surface area contributed by atoms with E-state index in [0.29, 0.717) is 6.54 Å². The fourth-order valence-electron chi connectivity index (χ4n) is 4.45. The lowest BCUT2D eigenvalue weighted by Gasteiger charge is -2.28. The summed E-state index contributed by atoms with van der Waals surface area (Å²) in [5.74, 6) is 0. The molecule has 1 aliphatic heterocycles. The first-order chi connectivity index (χ1) is 16.3. The van der Waals surface area contributed by atoms with Gasteiger partial charge in [0.2, 0.25) is 0 Å². The standard InChI is InChI=1S/C26H21N5S2/c32-25-29-23(20-12-6-7-15-27-20)24(31(25)17-18-9-2-1-3-10-18)21-13-8-16-30(21)26-28-19-11-4-5-14-22(19)33-26/h1-16,23-24H,17H2,(H,29,32)/t23-,24+/m0/s1. The minimum atomic E-state index is -0.0644. The van der Waals surface area contributed by atoms with Crippen molar-refractivity contribution in [2.45, 2.75) is 18.6 Å². The molecule has 0 unspecified atom stereocenters. The zero-order chi connectivity index (χ0) is 22.2. The van der Waals surface area contributed by atoms with Gasteiger partial charge in [0.1, 0.15) is 0 Å². The van der Waals surface area contributed by atoms with Crippen molar-refractivity contribution in [3.8, 4) is 5.13 Å². The number of rotatable bonds is 5. The van der Waals surface area contributed by atoms with E-state index in [1.54, 1.807) is 11.3 Å². The van der Waals surface area contributed by atoms with Gasteiger partial charge in [-0.1, -0.05) is 59.9 Å². The van der Waals surface area contributed by atoms with Crippen LogP contribution < -0.4 is 5.32 Å². The first kappa shape index (κ1) is 20.1. The van der Waals surface area contributed by atoms with Gasteiger partial charge in [-0.15, -0.1) is 0 Å². The molecule has 6 rings (SSSR count). The third kappa shape index (κ3) is 3.69. The molecule has 0 bridgehead atoms. The Morgan fingerprint density at radius 1 is 0.909 bits per heavy atom. The van der Waals surface area contributed by atoms with E-state index in [1.807, 2.05) is 30.5 Å². The highest BCUT2D eigenvalue weighted by molar-refractivity contribution is 7.80. The maximum Gasteiger partial charge on any atom is 0.194 e. The molecule has 1 N–H and O–H groups in total. The Labute approximate surface area is 201 Å². The third-order valence-corrected chi connectivity index (χ3v) is 7.35. The maximum absolute atomic E-state index is 5.84. The van der Waals surface area contributed by atoms with Gasteiger partial charge in [-0.3, -0.25) is 9.55 Å². The van der Waals surface area contributed by atoms with Crippen LogP contribution >= 0.6 is 23.6 Å². The molecule has 0 saturated carbocycles. The monoisotopic (exact) mass is 467 g/mol. The second-order valence-corrected chi connectivity index (χ2v) is 9.40. The first-order valence-corrected chi connectivity index (χ1v) is 12.1. The molecular formula is C26H21N5S2. The Balaban J connectivity index is 1.46. The lowest BCUT2D eigenvalue weighted by atomic mass is 10.0. The average molecular weight is 468 g/mol. The maximum atomic E-state index is 5.84. The van der Waals surface area contributed by atoms with Crippen LogP contribution in [0, 0.1) is 0 Å². The molecule has 0 amide bonds. The Morgan fingerprint density at radius 2 is 1.73 bits per heavy atom. The number of nitrogens with zero attached hydrogens (tertiary/aromatic N) is 4. The van der Waals surface area contributed by atoms with Gasteiger partial charge >= 0.3 is 0 Å². The van der Waals surface area contributed by atoms with E-state index in [4.69, 9.17) is 17.2 Å². The highest BCUT2D eigenvalue weighted by Gasteiger charge is 2.41. The second-order valence-electron chi connectivity index (χ2n) is 8.01. The van der Waals surface area contributed by atoms with Crippen molar-refractivity contribution >= 4 is 38.9 Å². The lowest BCUT2D eigenvalue weighted by molar-refractivity contribution is 0.302. The number of benzene rings is 2. The van der Waals surface area contributed by atoms with Gasteiger partial charge in [-0.25, -0.2) is 4.98 Å². The molecule has 0 aliphatic carbocycles. The molecular weight excluding hydrogens is 446 g/mol. The third-order valence-electron chi connectivity index (χ3n) is 5.97. The normalized spacial score (nSPS) is 18.1. The summed E-state index contributed by atoms with van der Waals surface area (Å²) in [6.45, 7) is 0.714. The molecule has 0 radical (unpaired) electrons. The summed E-state index contributed by atoms with van der Waals surface area (Å²) >= 11 is 7.54. The Morgan fingerprint density at radius 3 is 2.55 bits per heavy atom. The molecule has 5 nitrogen and oxygen atoms in total. The van der Waals surface area contributed by atoms with Crippen LogP contribution in [-0.4, -0.2) is 24.5 Å². The first-order valence-electron chi connectivity index (χ1n) is 10.8. The second kappa shape index (κ2) is 8.42. The van der Waals surface area contributed by atoms with Crippen LogP contribution in [0.25, 0.3) is 15.3 Å². The molecule has 4 heterocycles. The summed E-state index contributed by atoms with van der Waals surface area (Å²) in [6, 6.07) is 28.9. The number of fused-ring (bicyclic) bond motifs is 1. The Bertz CT molecular complexity index is 1380. The van der Waals surface area contributed by atoms with Crippen LogP contribution in [0.4, 0.5) is 0 Å². The van der Waals surface area contributed by atoms with Crippen molar-refractivity contribution in [2.24, 2.45) is 0 Å². The van der Waals surface area contributed by atoms with E-state index in [-0.39, 0.29) is 12.1 Å². The van der Waals surface area contributed by atoms with Crippen molar-refractivity contribution in [3.05, 3.63) is 114 Å². The number of thiocarbonyl (C=S) groups is 1. The van der Waals surface area contributed by atoms with E-state index >= 15 is 0 Å². The summed E-state index contributed by atoms with van der Waals surface area (Å²) in [5, 5.41) is 5.23. The van der Waals surface area contributed by atoms with Crippen LogP contribution in [0.15, 0.2) is 97.3 Å². The molecule has 1 fully saturated rings. The van der Waals surface area contributed by atoms with Gasteiger partial charge in [-0.2, -0.15) is 0 Å². The van der Waals surface area contributed by atoms with Crippen LogP contribution in [0.2, 0.25) is 0 Å². The number of thiazole rings is 1. The van der Waals surface area contributed by atoms with Gasteiger partial charge in [0, 0.05) is 18.9 Å². The van der Waals surface area contributed by atoms with Crippen LogP contribution in [0.1, 0.15) is 29.0 Å². The summed E-state index contributed by atoms with van der Waals surface area (Å²) in [4.78, 5) is 11.8. The van der Waals surface area contributed by atoms with Gasteiger partial charge in [0.25, 0.3) is 0 Å². The van der Waals surface area contributed by atoms with Crippen molar-refractivity contribution < 1.29 is 0 Å². The molecule has 162 valence electrons. The fraction of sp³-hybridized carbons (Fsp3) is 0.115. The van der Waals surface area contributed by atoms with E-state index in [9.17, 15) is 0 Å². The summed E-state index contributed by atoms with van der Waals surface area (Å²) in [6.07, 6.45) is 3.92. The molecule has 0 spiro atoms. The Hall–Kier alpha value is -3.55. The van der Waals surface area contributed by atoms with Crippen molar-refractivity contribution in [1.29, 1.82) is 0 Å². The van der Waals surface area contributed by atoms with Crippen LogP contribution in [-0.2, 0) is 6.54 Å². The number of aromatic nitrogens is 3. The van der Waals surface area contributed by atoms with Gasteiger partial charge in [0.15, 0.2) is 10.2 Å². The van der Waals surface area contributed by atoms with E-state index in [0.717, 1.165) is 27.1 Å². The molecule has 2 aromatic carbocycles. The number of para-hydroxylation sites is 1. The quantitative estimate of drug-likeness (QED) is 0.338. The molecule has 3 aromatic heterocycles. The molecule has 1 aliphatic rings. The zero-order valence-electron chi connectivity index (χ0n) is 17.7. The topological polar surface area (TPSA) is 46.0 Å². The highest BCUT2D eigenvalue weighted by Crippen LogP contribution is 2.41. The fourth-order valence-corrected chi connectivity index (χ4v) is 5.73. The largest absolute Gasteiger partial charge is 0.352 e. The van der Waals surface area contributed by atoms with Crippen molar-refractivity contribution in [1.82, 2.24) is 24.8 Å². The molecule has 7 heteroatoms. The highest BCUT2D eigenvalue weighted by atomic mass is 32.1. The predicted octanol–water partition coefficient (Wildman–Crippen LogP) is 5.65. The van der Waals surface area contributed by atoms with Gasteiger partial charge in [-0.05, 0) is 54.2 Å². The predicted molar refractivity (Wildman–Crippen MR) is 136 cm³/mol. The molecule has 2 atom stereocenters. The average Bonchev–Trinajstić information content (AvgIpc) is 3.57. The SMILES string of the molecule is S=C1N[C@@H](c2ccccn2)[C@@H](c2cccn2-c2nc3ccccc3s2)N1Cc1ccccc1. The number of hydrogen-bond donors (Lipinski definition) is 1. The zero-order valence-corrected chi connectivity index (χ0v) is 19.3. The Kier molecular flexibility index (Phi) is 5.13. The van der Waals surface area contributed by atoms with Crippen LogP contribution in [0.3, 0.4) is 0 Å². The number of nitrogens with one attached hydrogen (secondary N) is 1. The van der Waals surface area contributed by atoms with E-state index in [1.165, 1.54) is 10.3 Å². The number of pyridine rings is 1. The van der Waals surface area contributed by atoms with Crippen LogP contribution in [0.5, 0.6) is 0 Å². The van der Waals surface area contributed by atoms with Gasteiger partial charge < -0.3 is 10.2 Å². The van der Waals surface area contributed by atoms with Gasteiger partial charge in [0.05, 0.1) is 33.7 Å². The summed E-state index contributed by atoms with van der Waals surface area (Å²) in [5.41, 5.74) is 4.33. The minimum Gasteiger partial charge on any atom is -0.352 e. The lowest BCUT2D eigenvalue weighted by Crippen LogP contribution is -2.30. The van der Waals surface area contributed by atoms with E-state index < -0.39 is 0 Å². The van der Waals surface area contributed by atoms with Crippen molar-refractivity contribution in [2.75, 3.05) is 0 Å². The molecule has 5 aromatic rings. The minimum absolute atomic E-state index is 0.0328. The summed E-state index contributed by atoms with van der Waals surface area (Å²) in [7, 11) is 0. The smallest absolute Gasteiger partial charge is 0.194 e.